The summed E-state index contributed by atoms with van der Waals surface area (Å²) in [5.74, 6) is -0.158. The predicted molar refractivity (Wildman–Crippen MR) is 116 cm³/mol. The lowest BCUT2D eigenvalue weighted by molar-refractivity contribution is -0.121. The number of alkyl halides is 2. The molecule has 3 aromatic rings. The van der Waals surface area contributed by atoms with Crippen molar-refractivity contribution in [2.24, 2.45) is 5.92 Å². The first-order valence-corrected chi connectivity index (χ1v) is 10.6. The molecule has 0 saturated carbocycles. The number of nitrogens with one attached hydrogen (secondary N) is 1. The maximum atomic E-state index is 13.7. The van der Waals surface area contributed by atoms with Crippen LogP contribution >= 0.6 is 0 Å². The number of imidazole rings is 1. The first-order valence-electron chi connectivity index (χ1n) is 10.6. The van der Waals surface area contributed by atoms with E-state index in [0.717, 1.165) is 4.57 Å². The van der Waals surface area contributed by atoms with Gasteiger partial charge >= 0.3 is 12.6 Å². The number of carbonyl (C=O) groups is 2. The van der Waals surface area contributed by atoms with Gasteiger partial charge in [-0.2, -0.15) is 8.78 Å². The number of nitrogens with zero attached hydrogens (tertiary/aromatic N) is 3. The number of fused-ring (bicyclic) bond motifs is 1. The smallest absolute Gasteiger partial charge is 0.409 e. The minimum absolute atomic E-state index is 0.124. The van der Waals surface area contributed by atoms with Gasteiger partial charge in [-0.25, -0.2) is 9.78 Å². The zero-order valence-electron chi connectivity index (χ0n) is 17.6. The van der Waals surface area contributed by atoms with Crippen LogP contribution < -0.4 is 5.32 Å². The van der Waals surface area contributed by atoms with E-state index in [1.165, 1.54) is 0 Å². The Morgan fingerprint density at radius 1 is 1.12 bits per heavy atom. The lowest BCUT2D eigenvalue weighted by atomic mass is 9.96. The van der Waals surface area contributed by atoms with Crippen molar-refractivity contribution >= 4 is 28.7 Å². The lowest BCUT2D eigenvalue weighted by Gasteiger charge is -2.30. The molecule has 0 unspecified atom stereocenters. The van der Waals surface area contributed by atoms with Gasteiger partial charge in [0.25, 0.3) is 0 Å². The average Bonchev–Trinajstić information content (AvgIpc) is 3.20. The molecule has 0 bridgehead atoms. The van der Waals surface area contributed by atoms with Gasteiger partial charge in [-0.1, -0.05) is 12.1 Å². The van der Waals surface area contributed by atoms with Crippen molar-refractivity contribution in [2.45, 2.75) is 26.3 Å². The fraction of sp³-hybridized carbons (Fsp3) is 0.348. The Kier molecular flexibility index (Phi) is 6.34. The van der Waals surface area contributed by atoms with E-state index in [0.29, 0.717) is 54.8 Å². The standard InChI is InChI=1S/C23H24F2N4O3/c1-2-32-23(31)28-13-11-16(12-14-28)21(30)26-17-9-7-15(8-10-17)20-27-18-5-3-4-6-19(18)29(20)22(24)25/h3-10,16,22H,2,11-14H2,1H3,(H,26,30). The molecule has 0 aliphatic carbocycles. The summed E-state index contributed by atoms with van der Waals surface area (Å²) < 4.78 is 33.3. The van der Waals surface area contributed by atoms with Crippen molar-refractivity contribution in [3.8, 4) is 11.4 Å². The number of ether oxygens (including phenoxy) is 1. The monoisotopic (exact) mass is 442 g/mol. The van der Waals surface area contributed by atoms with Gasteiger partial charge in [-0.05, 0) is 56.2 Å². The van der Waals surface area contributed by atoms with Gasteiger partial charge in [0.1, 0.15) is 5.82 Å². The summed E-state index contributed by atoms with van der Waals surface area (Å²) in [7, 11) is 0. The Morgan fingerprint density at radius 3 is 2.47 bits per heavy atom. The van der Waals surface area contributed by atoms with Crippen LogP contribution in [0.5, 0.6) is 0 Å². The van der Waals surface area contributed by atoms with Crippen molar-refractivity contribution in [3.63, 3.8) is 0 Å². The van der Waals surface area contributed by atoms with Crippen LogP contribution in [0.25, 0.3) is 22.4 Å². The summed E-state index contributed by atoms with van der Waals surface area (Å²) in [6, 6.07) is 13.4. The zero-order chi connectivity index (χ0) is 22.7. The molecule has 1 N–H and O–H groups in total. The molecule has 1 aliphatic rings. The van der Waals surface area contributed by atoms with Crippen LogP contribution in [0.15, 0.2) is 48.5 Å². The van der Waals surface area contributed by atoms with Crippen LogP contribution in [0.3, 0.4) is 0 Å². The predicted octanol–water partition coefficient (Wildman–Crippen LogP) is 4.91. The largest absolute Gasteiger partial charge is 0.450 e. The molecule has 1 saturated heterocycles. The van der Waals surface area contributed by atoms with E-state index in [2.05, 4.69) is 10.3 Å². The van der Waals surface area contributed by atoms with Gasteiger partial charge < -0.3 is 15.0 Å². The number of hydrogen-bond donors (Lipinski definition) is 1. The van der Waals surface area contributed by atoms with Crippen molar-refractivity contribution in [2.75, 3.05) is 25.0 Å². The second-order valence-corrected chi connectivity index (χ2v) is 7.60. The van der Waals surface area contributed by atoms with Gasteiger partial charge in [-0.3, -0.25) is 9.36 Å². The number of benzene rings is 2. The summed E-state index contributed by atoms with van der Waals surface area (Å²) in [5.41, 5.74) is 1.96. The topological polar surface area (TPSA) is 76.5 Å². The highest BCUT2D eigenvalue weighted by Crippen LogP contribution is 2.30. The Balaban J connectivity index is 1.43. The van der Waals surface area contributed by atoms with Crippen LogP contribution in [0.1, 0.15) is 26.3 Å². The summed E-state index contributed by atoms with van der Waals surface area (Å²) in [5, 5.41) is 2.87. The van der Waals surface area contributed by atoms with Crippen molar-refractivity contribution in [1.29, 1.82) is 0 Å². The summed E-state index contributed by atoms with van der Waals surface area (Å²) in [6.45, 7) is 0.298. The number of anilines is 1. The van der Waals surface area contributed by atoms with E-state index in [4.69, 9.17) is 4.74 Å². The molecular formula is C23H24F2N4O3. The van der Waals surface area contributed by atoms with Gasteiger partial charge in [0, 0.05) is 30.3 Å². The molecule has 2 aromatic carbocycles. The molecule has 168 valence electrons. The highest BCUT2D eigenvalue weighted by Gasteiger charge is 2.28. The molecule has 1 aliphatic heterocycles. The highest BCUT2D eigenvalue weighted by atomic mass is 19.3. The Hall–Kier alpha value is -3.49. The van der Waals surface area contributed by atoms with E-state index in [1.807, 2.05) is 0 Å². The van der Waals surface area contributed by atoms with Crippen molar-refractivity contribution in [1.82, 2.24) is 14.5 Å². The minimum Gasteiger partial charge on any atom is -0.450 e. The molecule has 7 nitrogen and oxygen atoms in total. The van der Waals surface area contributed by atoms with Crippen LogP contribution in [-0.4, -0.2) is 46.1 Å². The fourth-order valence-corrected chi connectivity index (χ4v) is 3.93. The number of hydrogen-bond acceptors (Lipinski definition) is 4. The van der Waals surface area contributed by atoms with Crippen LogP contribution in [0.2, 0.25) is 0 Å². The van der Waals surface area contributed by atoms with Gasteiger partial charge in [0.15, 0.2) is 0 Å². The molecular weight excluding hydrogens is 418 g/mol. The van der Waals surface area contributed by atoms with E-state index in [9.17, 15) is 18.4 Å². The maximum Gasteiger partial charge on any atom is 0.409 e. The summed E-state index contributed by atoms with van der Waals surface area (Å²) in [4.78, 5) is 30.4. The Labute approximate surface area is 184 Å². The first kappa shape index (κ1) is 21.7. The second kappa shape index (κ2) is 9.33. The van der Waals surface area contributed by atoms with Crippen LogP contribution in [0, 0.1) is 5.92 Å². The number of para-hydroxylation sites is 2. The molecule has 32 heavy (non-hydrogen) atoms. The molecule has 0 radical (unpaired) electrons. The van der Waals surface area contributed by atoms with Gasteiger partial charge in [0.05, 0.1) is 17.6 Å². The third-order valence-corrected chi connectivity index (χ3v) is 5.59. The Morgan fingerprint density at radius 2 is 1.81 bits per heavy atom. The van der Waals surface area contributed by atoms with E-state index in [-0.39, 0.29) is 23.7 Å². The number of aromatic nitrogens is 2. The zero-order valence-corrected chi connectivity index (χ0v) is 17.6. The third-order valence-electron chi connectivity index (χ3n) is 5.59. The molecule has 2 heterocycles. The SMILES string of the molecule is CCOC(=O)N1CCC(C(=O)Nc2ccc(-c3nc4ccccc4n3C(F)F)cc2)CC1. The molecule has 2 amide bonds. The van der Waals surface area contributed by atoms with Crippen LogP contribution in [-0.2, 0) is 9.53 Å². The summed E-state index contributed by atoms with van der Waals surface area (Å²) in [6.07, 6.45) is 0.763. The number of piperidine rings is 1. The minimum atomic E-state index is -2.72. The molecule has 0 atom stereocenters. The Bertz CT molecular complexity index is 1110. The quantitative estimate of drug-likeness (QED) is 0.610. The average molecular weight is 442 g/mol. The van der Waals surface area contributed by atoms with E-state index >= 15 is 0 Å². The number of carbonyl (C=O) groups excluding carboxylic acids is 2. The number of amides is 2. The van der Waals surface area contributed by atoms with E-state index in [1.54, 1.807) is 60.4 Å². The number of likely N-dealkylation sites (tertiary alicyclic amines) is 1. The molecule has 1 fully saturated rings. The lowest BCUT2D eigenvalue weighted by Crippen LogP contribution is -2.41. The number of rotatable bonds is 5. The molecule has 0 spiro atoms. The normalized spacial score (nSPS) is 14.7. The molecule has 1 aromatic heterocycles. The number of halogens is 2. The fourth-order valence-electron chi connectivity index (χ4n) is 3.93. The molecule has 9 heteroatoms. The second-order valence-electron chi connectivity index (χ2n) is 7.60. The highest BCUT2D eigenvalue weighted by molar-refractivity contribution is 5.93. The first-order chi connectivity index (χ1) is 15.5. The van der Waals surface area contributed by atoms with E-state index < -0.39 is 6.55 Å². The van der Waals surface area contributed by atoms with Crippen LogP contribution in [0.4, 0.5) is 19.3 Å². The third kappa shape index (κ3) is 4.42. The van der Waals surface area contributed by atoms with Gasteiger partial charge in [-0.15, -0.1) is 0 Å². The van der Waals surface area contributed by atoms with Gasteiger partial charge in [0.2, 0.25) is 5.91 Å². The maximum absolute atomic E-state index is 13.7. The molecule has 4 rings (SSSR count). The van der Waals surface area contributed by atoms with Crippen molar-refractivity contribution in [3.05, 3.63) is 48.5 Å². The summed E-state index contributed by atoms with van der Waals surface area (Å²) >= 11 is 0. The van der Waals surface area contributed by atoms with Crippen molar-refractivity contribution < 1.29 is 23.1 Å².